The summed E-state index contributed by atoms with van der Waals surface area (Å²) in [5.41, 5.74) is 1.46. The van der Waals surface area contributed by atoms with E-state index in [-0.39, 0.29) is 30.2 Å². The summed E-state index contributed by atoms with van der Waals surface area (Å²) in [5, 5.41) is 23.6. The lowest BCUT2D eigenvalue weighted by Crippen LogP contribution is -2.30. The Morgan fingerprint density at radius 1 is 1.28 bits per heavy atom. The van der Waals surface area contributed by atoms with Crippen molar-refractivity contribution in [1.82, 2.24) is 10.2 Å². The zero-order valence-corrected chi connectivity index (χ0v) is 15.8. The standard InChI is InChI=1S/C20H19N3O6/c1-3-29-17-10-14(9-16(18(17)24)23(27)28)8-15-19(25)22(20(26)21-15)11-13-6-4-5-12(2)7-13/h4-10,24H,3,11H2,1-2H3,(H,21,26)/b15-8+. The molecule has 150 valence electrons. The molecular weight excluding hydrogens is 378 g/mol. The van der Waals surface area contributed by atoms with Gasteiger partial charge in [0.25, 0.3) is 5.91 Å². The number of urea groups is 1. The van der Waals surface area contributed by atoms with E-state index < -0.39 is 28.3 Å². The van der Waals surface area contributed by atoms with Gasteiger partial charge >= 0.3 is 11.7 Å². The minimum absolute atomic E-state index is 0.0231. The highest BCUT2D eigenvalue weighted by Gasteiger charge is 2.33. The molecular formula is C20H19N3O6. The van der Waals surface area contributed by atoms with E-state index in [1.807, 2.05) is 31.2 Å². The van der Waals surface area contributed by atoms with Gasteiger partial charge in [0.2, 0.25) is 5.75 Å². The number of amides is 3. The van der Waals surface area contributed by atoms with Gasteiger partial charge in [0.05, 0.1) is 18.1 Å². The van der Waals surface area contributed by atoms with Gasteiger partial charge in [-0.2, -0.15) is 0 Å². The van der Waals surface area contributed by atoms with E-state index in [4.69, 9.17) is 4.74 Å². The van der Waals surface area contributed by atoms with E-state index >= 15 is 0 Å². The SMILES string of the molecule is CCOc1cc(/C=C2/NC(=O)N(Cc3cccc(C)c3)C2=O)cc([N+](=O)[O-])c1O. The molecule has 9 heteroatoms. The fourth-order valence-corrected chi connectivity index (χ4v) is 2.98. The normalized spacial score (nSPS) is 15.0. The van der Waals surface area contributed by atoms with E-state index in [1.165, 1.54) is 12.1 Å². The van der Waals surface area contributed by atoms with Crippen molar-refractivity contribution in [2.75, 3.05) is 6.61 Å². The van der Waals surface area contributed by atoms with Crippen molar-refractivity contribution >= 4 is 23.7 Å². The average molecular weight is 397 g/mol. The Hall–Kier alpha value is -3.88. The highest BCUT2D eigenvalue weighted by atomic mass is 16.6. The maximum atomic E-state index is 12.7. The molecule has 1 saturated heterocycles. The molecule has 3 rings (SSSR count). The third-order valence-electron chi connectivity index (χ3n) is 4.27. The summed E-state index contributed by atoms with van der Waals surface area (Å²) in [6.07, 6.45) is 1.31. The van der Waals surface area contributed by atoms with E-state index in [2.05, 4.69) is 5.32 Å². The zero-order chi connectivity index (χ0) is 21.1. The van der Waals surface area contributed by atoms with Crippen molar-refractivity contribution in [1.29, 1.82) is 0 Å². The molecule has 0 spiro atoms. The number of carbonyl (C=O) groups is 2. The summed E-state index contributed by atoms with van der Waals surface area (Å²) in [6.45, 7) is 3.86. The third-order valence-corrected chi connectivity index (χ3v) is 4.27. The summed E-state index contributed by atoms with van der Waals surface area (Å²) in [5.74, 6) is -1.23. The molecule has 1 aliphatic heterocycles. The Kier molecular flexibility index (Phi) is 5.49. The van der Waals surface area contributed by atoms with Gasteiger partial charge in [0, 0.05) is 6.07 Å². The maximum absolute atomic E-state index is 12.7. The highest BCUT2D eigenvalue weighted by Crippen LogP contribution is 2.37. The molecule has 2 aromatic rings. The number of aromatic hydroxyl groups is 1. The van der Waals surface area contributed by atoms with Gasteiger partial charge in [-0.05, 0) is 37.1 Å². The van der Waals surface area contributed by atoms with Gasteiger partial charge in [-0.25, -0.2) is 4.79 Å². The van der Waals surface area contributed by atoms with Crippen molar-refractivity contribution in [3.63, 3.8) is 0 Å². The lowest BCUT2D eigenvalue weighted by atomic mass is 10.1. The van der Waals surface area contributed by atoms with Crippen molar-refractivity contribution in [3.8, 4) is 11.5 Å². The molecule has 3 amide bonds. The van der Waals surface area contributed by atoms with Crippen LogP contribution >= 0.6 is 0 Å². The molecule has 0 aliphatic carbocycles. The number of hydrogen-bond acceptors (Lipinski definition) is 6. The topological polar surface area (TPSA) is 122 Å². The fourth-order valence-electron chi connectivity index (χ4n) is 2.98. The largest absolute Gasteiger partial charge is 0.500 e. The Morgan fingerprint density at radius 2 is 2.03 bits per heavy atom. The number of imide groups is 1. The number of nitrogens with zero attached hydrogens (tertiary/aromatic N) is 2. The van der Waals surface area contributed by atoms with Crippen molar-refractivity contribution in [3.05, 3.63) is 68.9 Å². The van der Waals surface area contributed by atoms with Gasteiger partial charge in [-0.3, -0.25) is 19.8 Å². The Bertz CT molecular complexity index is 1030. The van der Waals surface area contributed by atoms with Crippen LogP contribution in [-0.2, 0) is 11.3 Å². The number of ether oxygens (including phenoxy) is 1. The lowest BCUT2D eigenvalue weighted by molar-refractivity contribution is -0.386. The van der Waals surface area contributed by atoms with Crippen LogP contribution in [0.1, 0.15) is 23.6 Å². The van der Waals surface area contributed by atoms with Crippen LogP contribution in [0.15, 0.2) is 42.1 Å². The number of phenolic OH excluding ortho intramolecular Hbond substituents is 1. The van der Waals surface area contributed by atoms with Gasteiger partial charge in [0.15, 0.2) is 5.75 Å². The first-order chi connectivity index (χ1) is 13.8. The van der Waals surface area contributed by atoms with Gasteiger partial charge in [0.1, 0.15) is 5.70 Å². The third kappa shape index (κ3) is 4.18. The number of hydrogen-bond donors (Lipinski definition) is 2. The molecule has 0 atom stereocenters. The molecule has 1 fully saturated rings. The van der Waals surface area contributed by atoms with Crippen LogP contribution in [0.2, 0.25) is 0 Å². The number of phenols is 1. The first-order valence-corrected chi connectivity index (χ1v) is 8.84. The minimum atomic E-state index is -0.751. The predicted octanol–water partition coefficient (Wildman–Crippen LogP) is 3.10. The van der Waals surface area contributed by atoms with E-state index in [0.29, 0.717) is 0 Å². The second-order valence-corrected chi connectivity index (χ2v) is 6.45. The van der Waals surface area contributed by atoms with Crippen molar-refractivity contribution < 1.29 is 24.4 Å². The number of rotatable bonds is 6. The van der Waals surface area contributed by atoms with Crippen molar-refractivity contribution in [2.24, 2.45) is 0 Å². The smallest absolute Gasteiger partial charge is 0.329 e. The summed E-state index contributed by atoms with van der Waals surface area (Å²) in [4.78, 5) is 36.4. The number of carbonyl (C=O) groups excluding carboxylic acids is 2. The molecule has 0 radical (unpaired) electrons. The van der Waals surface area contributed by atoms with Crippen LogP contribution in [0, 0.1) is 17.0 Å². The quantitative estimate of drug-likeness (QED) is 0.334. The van der Waals surface area contributed by atoms with E-state index in [1.54, 1.807) is 6.92 Å². The van der Waals surface area contributed by atoms with Crippen LogP contribution in [0.3, 0.4) is 0 Å². The molecule has 2 N–H and O–H groups in total. The molecule has 29 heavy (non-hydrogen) atoms. The second kappa shape index (κ2) is 8.01. The molecule has 1 heterocycles. The van der Waals surface area contributed by atoms with Crippen molar-refractivity contribution in [2.45, 2.75) is 20.4 Å². The predicted molar refractivity (Wildman–Crippen MR) is 104 cm³/mol. The van der Waals surface area contributed by atoms with Gasteiger partial charge in [-0.15, -0.1) is 0 Å². The Labute approximate surface area is 166 Å². The summed E-state index contributed by atoms with van der Waals surface area (Å²) in [7, 11) is 0. The number of aryl methyl sites for hydroxylation is 1. The van der Waals surface area contributed by atoms with Crippen LogP contribution in [-0.4, -0.2) is 33.5 Å². The first kappa shape index (κ1) is 19.9. The highest BCUT2D eigenvalue weighted by molar-refractivity contribution is 6.13. The van der Waals surface area contributed by atoms with Crippen LogP contribution in [0.5, 0.6) is 11.5 Å². The van der Waals surface area contributed by atoms with Crippen LogP contribution in [0.25, 0.3) is 6.08 Å². The van der Waals surface area contributed by atoms with E-state index in [9.17, 15) is 24.8 Å². The molecule has 0 unspecified atom stereocenters. The fraction of sp³-hybridized carbons (Fsp3) is 0.200. The summed E-state index contributed by atoms with van der Waals surface area (Å²) >= 11 is 0. The molecule has 9 nitrogen and oxygen atoms in total. The molecule has 0 bridgehead atoms. The maximum Gasteiger partial charge on any atom is 0.329 e. The number of nitro groups is 1. The summed E-state index contributed by atoms with van der Waals surface area (Å²) in [6, 6.07) is 9.32. The molecule has 2 aromatic carbocycles. The Morgan fingerprint density at radius 3 is 2.69 bits per heavy atom. The summed E-state index contributed by atoms with van der Waals surface area (Å²) < 4.78 is 5.23. The molecule has 0 saturated carbocycles. The molecule has 0 aromatic heterocycles. The monoisotopic (exact) mass is 397 g/mol. The Balaban J connectivity index is 1.92. The lowest BCUT2D eigenvalue weighted by Gasteiger charge is -2.12. The molecule has 1 aliphatic rings. The van der Waals surface area contributed by atoms with Crippen LogP contribution in [0.4, 0.5) is 10.5 Å². The average Bonchev–Trinajstić information content (AvgIpc) is 2.91. The minimum Gasteiger partial charge on any atom is -0.500 e. The second-order valence-electron chi connectivity index (χ2n) is 6.45. The van der Waals surface area contributed by atoms with Gasteiger partial charge in [-0.1, -0.05) is 29.8 Å². The zero-order valence-electron chi connectivity index (χ0n) is 15.8. The number of nitro benzene ring substituents is 1. The first-order valence-electron chi connectivity index (χ1n) is 8.84. The number of benzene rings is 2. The number of nitrogens with one attached hydrogen (secondary N) is 1. The van der Waals surface area contributed by atoms with Gasteiger partial charge < -0.3 is 15.2 Å². The van der Waals surface area contributed by atoms with Crippen LogP contribution < -0.4 is 10.1 Å². The van der Waals surface area contributed by atoms with E-state index in [0.717, 1.165) is 22.1 Å².